The molecule has 2 heteroatoms. The summed E-state index contributed by atoms with van der Waals surface area (Å²) in [5, 5.41) is 3.78. The Hall–Kier alpha value is -0.860. The maximum Gasteiger partial charge on any atom is 0.0318 e. The predicted octanol–water partition coefficient (Wildman–Crippen LogP) is 3.77. The molecule has 0 radical (unpaired) electrons. The molecule has 0 bridgehead atoms. The van der Waals surface area contributed by atoms with Gasteiger partial charge in [-0.1, -0.05) is 44.5 Å². The van der Waals surface area contributed by atoms with Crippen LogP contribution in [0.4, 0.5) is 0 Å². The SMILES string of the molecule is CCc1ccc(C(CC)NCC2CCCCN2C)cc1. The van der Waals surface area contributed by atoms with E-state index in [-0.39, 0.29) is 0 Å². The molecule has 2 unspecified atom stereocenters. The summed E-state index contributed by atoms with van der Waals surface area (Å²) in [4.78, 5) is 2.52. The van der Waals surface area contributed by atoms with Crippen LogP contribution in [0.1, 0.15) is 56.7 Å². The van der Waals surface area contributed by atoms with Crippen LogP contribution >= 0.6 is 0 Å². The van der Waals surface area contributed by atoms with E-state index in [1.165, 1.54) is 36.9 Å². The van der Waals surface area contributed by atoms with Gasteiger partial charge in [0, 0.05) is 18.6 Å². The van der Waals surface area contributed by atoms with Crippen molar-refractivity contribution < 1.29 is 0 Å². The van der Waals surface area contributed by atoms with E-state index in [0.29, 0.717) is 12.1 Å². The van der Waals surface area contributed by atoms with E-state index in [9.17, 15) is 0 Å². The Morgan fingerprint density at radius 1 is 1.20 bits per heavy atom. The molecular weight excluding hydrogens is 244 g/mol. The van der Waals surface area contributed by atoms with Crippen LogP contribution in [-0.4, -0.2) is 31.1 Å². The summed E-state index contributed by atoms with van der Waals surface area (Å²) in [6.07, 6.45) is 6.37. The normalized spacial score (nSPS) is 21.9. The molecule has 1 aromatic rings. The summed E-state index contributed by atoms with van der Waals surface area (Å²) in [5.41, 5.74) is 2.86. The van der Waals surface area contributed by atoms with Crippen molar-refractivity contribution in [1.29, 1.82) is 0 Å². The molecule has 0 aliphatic carbocycles. The highest BCUT2D eigenvalue weighted by molar-refractivity contribution is 5.25. The molecule has 1 fully saturated rings. The standard InChI is InChI=1S/C18H30N2/c1-4-15-9-11-16(12-10-15)18(5-2)19-14-17-8-6-7-13-20(17)3/h9-12,17-19H,4-8,13-14H2,1-3H3. The van der Waals surface area contributed by atoms with Crippen LogP contribution in [-0.2, 0) is 6.42 Å². The van der Waals surface area contributed by atoms with Gasteiger partial charge in [0.2, 0.25) is 0 Å². The molecular formula is C18H30N2. The van der Waals surface area contributed by atoms with Crippen LogP contribution in [0.5, 0.6) is 0 Å². The third-order valence-electron chi connectivity index (χ3n) is 4.72. The molecule has 1 aliphatic rings. The van der Waals surface area contributed by atoms with E-state index in [2.05, 4.69) is 55.4 Å². The quantitative estimate of drug-likeness (QED) is 0.849. The minimum atomic E-state index is 0.497. The number of likely N-dealkylation sites (N-methyl/N-ethyl adjacent to an activating group) is 1. The molecule has 2 atom stereocenters. The Morgan fingerprint density at radius 2 is 1.95 bits per heavy atom. The monoisotopic (exact) mass is 274 g/mol. The molecule has 1 aliphatic heterocycles. The molecule has 1 aromatic carbocycles. The van der Waals surface area contributed by atoms with E-state index in [1.807, 2.05) is 0 Å². The van der Waals surface area contributed by atoms with E-state index < -0.39 is 0 Å². The van der Waals surface area contributed by atoms with Gasteiger partial charge in [-0.05, 0) is 50.4 Å². The number of nitrogens with one attached hydrogen (secondary N) is 1. The molecule has 2 nitrogen and oxygen atoms in total. The molecule has 1 N–H and O–H groups in total. The van der Waals surface area contributed by atoms with Gasteiger partial charge in [-0.15, -0.1) is 0 Å². The lowest BCUT2D eigenvalue weighted by Gasteiger charge is -2.33. The Labute approximate surface area is 124 Å². The van der Waals surface area contributed by atoms with Gasteiger partial charge in [0.05, 0.1) is 0 Å². The predicted molar refractivity (Wildman–Crippen MR) is 87.1 cm³/mol. The summed E-state index contributed by atoms with van der Waals surface area (Å²) < 4.78 is 0. The highest BCUT2D eigenvalue weighted by atomic mass is 15.2. The zero-order valence-corrected chi connectivity index (χ0v) is 13.4. The molecule has 0 saturated carbocycles. The second-order valence-corrected chi connectivity index (χ2v) is 6.09. The number of hydrogen-bond acceptors (Lipinski definition) is 2. The first-order valence-corrected chi connectivity index (χ1v) is 8.27. The summed E-state index contributed by atoms with van der Waals surface area (Å²) in [5.74, 6) is 0. The van der Waals surface area contributed by atoms with Crippen LogP contribution in [0.2, 0.25) is 0 Å². The maximum absolute atomic E-state index is 3.78. The van der Waals surface area contributed by atoms with Crippen LogP contribution in [0.15, 0.2) is 24.3 Å². The average molecular weight is 274 g/mol. The van der Waals surface area contributed by atoms with Crippen molar-refractivity contribution in [1.82, 2.24) is 10.2 Å². The Morgan fingerprint density at radius 3 is 2.55 bits per heavy atom. The molecule has 0 spiro atoms. The number of piperidine rings is 1. The van der Waals surface area contributed by atoms with E-state index >= 15 is 0 Å². The number of aryl methyl sites for hydroxylation is 1. The highest BCUT2D eigenvalue weighted by Gasteiger charge is 2.19. The zero-order chi connectivity index (χ0) is 14.4. The molecule has 0 amide bonds. The Kier molecular flexibility index (Phi) is 6.06. The highest BCUT2D eigenvalue weighted by Crippen LogP contribution is 2.19. The van der Waals surface area contributed by atoms with Gasteiger partial charge in [0.25, 0.3) is 0 Å². The topological polar surface area (TPSA) is 15.3 Å². The number of benzene rings is 1. The number of hydrogen-bond donors (Lipinski definition) is 1. The fourth-order valence-corrected chi connectivity index (χ4v) is 3.16. The first-order chi connectivity index (χ1) is 9.74. The summed E-state index contributed by atoms with van der Waals surface area (Å²) >= 11 is 0. The van der Waals surface area contributed by atoms with Crippen LogP contribution < -0.4 is 5.32 Å². The van der Waals surface area contributed by atoms with E-state index in [4.69, 9.17) is 0 Å². The van der Waals surface area contributed by atoms with Gasteiger partial charge in [-0.2, -0.15) is 0 Å². The summed E-state index contributed by atoms with van der Waals surface area (Å²) in [6, 6.07) is 10.3. The minimum Gasteiger partial charge on any atom is -0.308 e. The first-order valence-electron chi connectivity index (χ1n) is 8.27. The molecule has 1 saturated heterocycles. The largest absolute Gasteiger partial charge is 0.308 e. The lowest BCUT2D eigenvalue weighted by atomic mass is 9.99. The fourth-order valence-electron chi connectivity index (χ4n) is 3.16. The molecule has 112 valence electrons. The molecule has 2 rings (SSSR count). The van der Waals surface area contributed by atoms with E-state index in [0.717, 1.165) is 19.4 Å². The van der Waals surface area contributed by atoms with Gasteiger partial charge in [0.15, 0.2) is 0 Å². The smallest absolute Gasteiger partial charge is 0.0318 e. The number of nitrogens with zero attached hydrogens (tertiary/aromatic N) is 1. The minimum absolute atomic E-state index is 0.497. The second kappa shape index (κ2) is 7.80. The third kappa shape index (κ3) is 4.07. The van der Waals surface area contributed by atoms with Crippen LogP contribution in [0.3, 0.4) is 0 Å². The zero-order valence-electron chi connectivity index (χ0n) is 13.4. The van der Waals surface area contributed by atoms with Gasteiger partial charge in [0.1, 0.15) is 0 Å². The van der Waals surface area contributed by atoms with Crippen molar-refractivity contribution in [3.63, 3.8) is 0 Å². The lowest BCUT2D eigenvalue weighted by molar-refractivity contribution is 0.177. The summed E-state index contributed by atoms with van der Waals surface area (Å²) in [7, 11) is 2.27. The molecule has 1 heterocycles. The lowest BCUT2D eigenvalue weighted by Crippen LogP contribution is -2.43. The Bertz CT molecular complexity index is 385. The van der Waals surface area contributed by atoms with Crippen molar-refractivity contribution in [3.05, 3.63) is 35.4 Å². The number of rotatable bonds is 6. The fraction of sp³-hybridized carbons (Fsp3) is 0.667. The molecule has 0 aromatic heterocycles. The van der Waals surface area contributed by atoms with Crippen molar-refractivity contribution in [2.24, 2.45) is 0 Å². The Balaban J connectivity index is 1.90. The van der Waals surface area contributed by atoms with Gasteiger partial charge in [-0.25, -0.2) is 0 Å². The van der Waals surface area contributed by atoms with Gasteiger partial charge in [-0.3, -0.25) is 0 Å². The van der Waals surface area contributed by atoms with Crippen LogP contribution in [0, 0.1) is 0 Å². The van der Waals surface area contributed by atoms with Gasteiger partial charge < -0.3 is 10.2 Å². The van der Waals surface area contributed by atoms with Crippen LogP contribution in [0.25, 0.3) is 0 Å². The maximum atomic E-state index is 3.78. The van der Waals surface area contributed by atoms with Crippen molar-refractivity contribution in [2.45, 2.75) is 58.0 Å². The van der Waals surface area contributed by atoms with Gasteiger partial charge >= 0.3 is 0 Å². The average Bonchev–Trinajstić information content (AvgIpc) is 2.50. The third-order valence-corrected chi connectivity index (χ3v) is 4.72. The molecule has 20 heavy (non-hydrogen) atoms. The second-order valence-electron chi connectivity index (χ2n) is 6.09. The van der Waals surface area contributed by atoms with Crippen molar-refractivity contribution in [2.75, 3.05) is 20.1 Å². The van der Waals surface area contributed by atoms with E-state index in [1.54, 1.807) is 0 Å². The number of likely N-dealkylation sites (tertiary alicyclic amines) is 1. The first kappa shape index (κ1) is 15.5. The van der Waals surface area contributed by atoms with Crippen molar-refractivity contribution >= 4 is 0 Å². The van der Waals surface area contributed by atoms with Crippen molar-refractivity contribution in [3.8, 4) is 0 Å². The summed E-state index contributed by atoms with van der Waals surface area (Å²) in [6.45, 7) is 6.86.